The number of halogens is 2. The maximum absolute atomic E-state index is 13.4. The Morgan fingerprint density at radius 3 is 2.59 bits per heavy atom. The quantitative estimate of drug-likeness (QED) is 0.887. The van der Waals surface area contributed by atoms with Crippen LogP contribution in [0.25, 0.3) is 0 Å². The van der Waals surface area contributed by atoms with Crippen molar-refractivity contribution >= 4 is 23.2 Å². The Bertz CT molecular complexity index is 701. The van der Waals surface area contributed by atoms with Crippen LogP contribution < -0.4 is 10.6 Å². The minimum Gasteiger partial charge on any atom is -0.350 e. The van der Waals surface area contributed by atoms with Gasteiger partial charge in [0.05, 0.1) is 18.7 Å². The van der Waals surface area contributed by atoms with Gasteiger partial charge in [-0.15, -0.1) is 11.3 Å². The number of rotatable bonds is 5. The molecule has 1 aromatic heterocycles. The molecule has 2 N–H and O–H groups in total. The van der Waals surface area contributed by atoms with E-state index in [4.69, 9.17) is 0 Å². The summed E-state index contributed by atoms with van der Waals surface area (Å²) in [5, 5.41) is 6.88. The number of amides is 2. The van der Waals surface area contributed by atoms with Gasteiger partial charge in [0.25, 0.3) is 5.91 Å². The highest BCUT2D eigenvalue weighted by Crippen LogP contribution is 2.14. The van der Waals surface area contributed by atoms with Crippen LogP contribution in [0.2, 0.25) is 0 Å². The fourth-order valence-electron chi connectivity index (χ4n) is 1.76. The lowest BCUT2D eigenvalue weighted by atomic mass is 10.2. The number of aryl methyl sites for hydroxylation is 1. The summed E-state index contributed by atoms with van der Waals surface area (Å²) < 4.78 is 26.2. The Balaban J connectivity index is 1.83. The second kappa shape index (κ2) is 7.13. The van der Waals surface area contributed by atoms with Crippen molar-refractivity contribution in [2.24, 2.45) is 0 Å². The lowest BCUT2D eigenvalue weighted by molar-refractivity contribution is -0.120. The molecule has 2 rings (SSSR count). The van der Waals surface area contributed by atoms with Gasteiger partial charge in [0.2, 0.25) is 5.91 Å². The third kappa shape index (κ3) is 4.11. The number of hydrogen-bond acceptors (Lipinski definition) is 3. The first-order valence-corrected chi connectivity index (χ1v) is 7.38. The standard InChI is InChI=1S/C15H14F2N2O2S/c1-9-4-5-22-13(9)7-18-14(20)8-19-15(21)11-3-2-10(16)6-12(11)17/h2-6H,7-8H2,1H3,(H,18,20)(H,19,21). The molecule has 1 heterocycles. The summed E-state index contributed by atoms with van der Waals surface area (Å²) >= 11 is 1.53. The van der Waals surface area contributed by atoms with Gasteiger partial charge in [-0.3, -0.25) is 9.59 Å². The second-order valence-corrected chi connectivity index (χ2v) is 5.61. The first-order valence-electron chi connectivity index (χ1n) is 6.50. The van der Waals surface area contributed by atoms with Gasteiger partial charge in [-0.2, -0.15) is 0 Å². The number of thiophene rings is 1. The molecule has 4 nitrogen and oxygen atoms in total. The maximum Gasteiger partial charge on any atom is 0.254 e. The Kier molecular flexibility index (Phi) is 5.21. The SMILES string of the molecule is Cc1ccsc1CNC(=O)CNC(=O)c1ccc(F)cc1F. The molecule has 22 heavy (non-hydrogen) atoms. The lowest BCUT2D eigenvalue weighted by Crippen LogP contribution is -2.36. The van der Waals surface area contributed by atoms with Crippen molar-refractivity contribution in [3.05, 3.63) is 57.3 Å². The summed E-state index contributed by atoms with van der Waals surface area (Å²) in [4.78, 5) is 24.4. The van der Waals surface area contributed by atoms with E-state index in [1.54, 1.807) is 0 Å². The molecule has 7 heteroatoms. The van der Waals surface area contributed by atoms with Gasteiger partial charge in [0.15, 0.2) is 0 Å². The van der Waals surface area contributed by atoms with Crippen molar-refractivity contribution in [3.8, 4) is 0 Å². The average Bonchev–Trinajstić information content (AvgIpc) is 2.88. The van der Waals surface area contributed by atoms with E-state index in [1.165, 1.54) is 11.3 Å². The molecule has 0 unspecified atom stereocenters. The predicted molar refractivity (Wildman–Crippen MR) is 79.6 cm³/mol. The number of nitrogens with one attached hydrogen (secondary N) is 2. The maximum atomic E-state index is 13.4. The van der Waals surface area contributed by atoms with E-state index in [1.807, 2.05) is 18.4 Å². The monoisotopic (exact) mass is 324 g/mol. The average molecular weight is 324 g/mol. The largest absolute Gasteiger partial charge is 0.350 e. The molecule has 0 atom stereocenters. The Morgan fingerprint density at radius 2 is 1.95 bits per heavy atom. The number of carbonyl (C=O) groups excluding carboxylic acids is 2. The molecule has 0 bridgehead atoms. The number of carbonyl (C=O) groups is 2. The van der Waals surface area contributed by atoms with Crippen molar-refractivity contribution in [1.82, 2.24) is 10.6 Å². The topological polar surface area (TPSA) is 58.2 Å². The van der Waals surface area contributed by atoms with Crippen molar-refractivity contribution < 1.29 is 18.4 Å². The number of hydrogen-bond donors (Lipinski definition) is 2. The summed E-state index contributed by atoms with van der Waals surface area (Å²) in [7, 11) is 0. The van der Waals surface area contributed by atoms with E-state index < -0.39 is 17.5 Å². The zero-order chi connectivity index (χ0) is 16.1. The van der Waals surface area contributed by atoms with Crippen LogP contribution in [0.4, 0.5) is 8.78 Å². The molecule has 1 aromatic carbocycles. The van der Waals surface area contributed by atoms with Gasteiger partial charge in [-0.1, -0.05) is 0 Å². The minimum absolute atomic E-state index is 0.278. The van der Waals surface area contributed by atoms with Crippen LogP contribution in [-0.4, -0.2) is 18.4 Å². The van der Waals surface area contributed by atoms with Crippen LogP contribution in [0.3, 0.4) is 0 Å². The zero-order valence-electron chi connectivity index (χ0n) is 11.8. The fourth-order valence-corrected chi connectivity index (χ4v) is 2.60. The third-order valence-corrected chi connectivity index (χ3v) is 4.02. The van der Waals surface area contributed by atoms with Gasteiger partial charge in [-0.25, -0.2) is 8.78 Å². The lowest BCUT2D eigenvalue weighted by Gasteiger charge is -2.07. The normalized spacial score (nSPS) is 10.3. The van der Waals surface area contributed by atoms with Gasteiger partial charge in [-0.05, 0) is 36.1 Å². The van der Waals surface area contributed by atoms with E-state index in [9.17, 15) is 18.4 Å². The van der Waals surface area contributed by atoms with Crippen LogP contribution in [0, 0.1) is 18.6 Å². The molecule has 0 fully saturated rings. The highest BCUT2D eigenvalue weighted by molar-refractivity contribution is 7.10. The second-order valence-electron chi connectivity index (χ2n) is 4.61. The molecular formula is C15H14F2N2O2S. The van der Waals surface area contributed by atoms with Crippen LogP contribution in [0.1, 0.15) is 20.8 Å². The third-order valence-electron chi connectivity index (χ3n) is 3.00. The van der Waals surface area contributed by atoms with E-state index in [0.717, 1.165) is 22.6 Å². The molecule has 0 saturated carbocycles. The van der Waals surface area contributed by atoms with E-state index in [0.29, 0.717) is 12.6 Å². The van der Waals surface area contributed by atoms with Gasteiger partial charge >= 0.3 is 0 Å². The van der Waals surface area contributed by atoms with Crippen molar-refractivity contribution in [2.75, 3.05) is 6.54 Å². The molecule has 0 aliphatic carbocycles. The molecule has 2 amide bonds. The molecule has 0 saturated heterocycles. The molecule has 116 valence electrons. The number of benzene rings is 1. The van der Waals surface area contributed by atoms with Gasteiger partial charge in [0, 0.05) is 10.9 Å². The summed E-state index contributed by atoms with van der Waals surface area (Å²) in [6, 6.07) is 4.59. The predicted octanol–water partition coefficient (Wildman–Crippen LogP) is 2.38. The van der Waals surface area contributed by atoms with Crippen LogP contribution in [0.15, 0.2) is 29.6 Å². The Labute approximate surface area is 130 Å². The first kappa shape index (κ1) is 16.1. The zero-order valence-corrected chi connectivity index (χ0v) is 12.6. The molecule has 0 spiro atoms. The van der Waals surface area contributed by atoms with Crippen LogP contribution >= 0.6 is 11.3 Å². The van der Waals surface area contributed by atoms with Crippen molar-refractivity contribution in [3.63, 3.8) is 0 Å². The van der Waals surface area contributed by atoms with E-state index >= 15 is 0 Å². The highest BCUT2D eigenvalue weighted by Gasteiger charge is 2.13. The Morgan fingerprint density at radius 1 is 1.18 bits per heavy atom. The van der Waals surface area contributed by atoms with Crippen molar-refractivity contribution in [2.45, 2.75) is 13.5 Å². The van der Waals surface area contributed by atoms with Gasteiger partial charge in [0.1, 0.15) is 11.6 Å². The smallest absolute Gasteiger partial charge is 0.254 e. The molecular weight excluding hydrogens is 310 g/mol. The van der Waals surface area contributed by atoms with Crippen LogP contribution in [0.5, 0.6) is 0 Å². The molecule has 2 aromatic rings. The molecule has 0 radical (unpaired) electrons. The minimum atomic E-state index is -0.966. The van der Waals surface area contributed by atoms with E-state index in [-0.39, 0.29) is 18.0 Å². The summed E-state index contributed by atoms with van der Waals surface area (Å²) in [5.74, 6) is -2.88. The van der Waals surface area contributed by atoms with E-state index in [2.05, 4.69) is 10.6 Å². The summed E-state index contributed by atoms with van der Waals surface area (Å²) in [6.45, 7) is 2.04. The van der Waals surface area contributed by atoms with Crippen molar-refractivity contribution in [1.29, 1.82) is 0 Å². The first-order chi connectivity index (χ1) is 10.5. The summed E-state index contributed by atoms with van der Waals surface area (Å²) in [5.41, 5.74) is 0.783. The highest BCUT2D eigenvalue weighted by atomic mass is 32.1. The fraction of sp³-hybridized carbons (Fsp3) is 0.200. The summed E-state index contributed by atoms with van der Waals surface area (Å²) in [6.07, 6.45) is 0. The Hall–Kier alpha value is -2.28. The molecule has 0 aliphatic rings. The molecule has 0 aliphatic heterocycles. The van der Waals surface area contributed by atoms with Gasteiger partial charge < -0.3 is 10.6 Å². The van der Waals surface area contributed by atoms with Crippen LogP contribution in [-0.2, 0) is 11.3 Å².